The fourth-order valence-electron chi connectivity index (χ4n) is 3.28. The Labute approximate surface area is 140 Å². The summed E-state index contributed by atoms with van der Waals surface area (Å²) in [6.45, 7) is 11.4. The molecular weight excluding hydrogens is 296 g/mol. The zero-order valence-corrected chi connectivity index (χ0v) is 13.9. The average molecular weight is 313 g/mol. The largest absolute Gasteiger partial charge is 0.457 e. The van der Waals surface area contributed by atoms with Crippen molar-refractivity contribution in [1.29, 1.82) is 0 Å². The van der Waals surface area contributed by atoms with Gasteiger partial charge in [0.15, 0.2) is 11.9 Å². The van der Waals surface area contributed by atoms with Crippen LogP contribution in [0.5, 0.6) is 0 Å². The summed E-state index contributed by atoms with van der Waals surface area (Å²) in [5.41, 5.74) is 7.00. The van der Waals surface area contributed by atoms with E-state index in [1.165, 1.54) is 16.7 Å². The number of rotatable bonds is 1. The van der Waals surface area contributed by atoms with Crippen LogP contribution in [0.15, 0.2) is 53.1 Å². The van der Waals surface area contributed by atoms with E-state index in [0.717, 1.165) is 27.6 Å². The van der Waals surface area contributed by atoms with Crippen LogP contribution >= 0.6 is 0 Å². The average Bonchev–Trinajstić information content (AvgIpc) is 2.95. The van der Waals surface area contributed by atoms with E-state index in [-0.39, 0.29) is 0 Å². The van der Waals surface area contributed by atoms with Crippen LogP contribution in [-0.4, -0.2) is 0 Å². The van der Waals surface area contributed by atoms with Gasteiger partial charge in [-0.2, -0.15) is 0 Å². The Hall–Kier alpha value is -3.12. The Morgan fingerprint density at radius 2 is 1.83 bits per heavy atom. The fourth-order valence-corrected chi connectivity index (χ4v) is 3.28. The van der Waals surface area contributed by atoms with Crippen LogP contribution in [0.3, 0.4) is 0 Å². The van der Waals surface area contributed by atoms with Gasteiger partial charge in [0, 0.05) is 22.9 Å². The fraction of sp³-hybridized carbons (Fsp3) is 0.143. The van der Waals surface area contributed by atoms with Gasteiger partial charge in [0.1, 0.15) is 18.2 Å². The van der Waals surface area contributed by atoms with Gasteiger partial charge >= 0.3 is 0 Å². The van der Waals surface area contributed by atoms with Gasteiger partial charge in [0.05, 0.1) is 12.1 Å². The standard InChI is InChI=1S/C21H17N2O/c1-13-9-10-23(4)17(11-13)20-14(2)5-8-18-21(20)16-7-6-15(22-3)12-19(16)24-18/h5-12H,1-2,4H3/q+1. The van der Waals surface area contributed by atoms with Crippen LogP contribution in [0.1, 0.15) is 11.1 Å². The van der Waals surface area contributed by atoms with Gasteiger partial charge in [-0.3, -0.25) is 0 Å². The molecule has 2 aromatic heterocycles. The summed E-state index contributed by atoms with van der Waals surface area (Å²) in [4.78, 5) is 3.50. The van der Waals surface area contributed by atoms with E-state index in [2.05, 4.69) is 54.7 Å². The van der Waals surface area contributed by atoms with Gasteiger partial charge in [-0.25, -0.2) is 9.41 Å². The van der Waals surface area contributed by atoms with Crippen molar-refractivity contribution in [2.24, 2.45) is 7.05 Å². The molecule has 0 unspecified atom stereocenters. The number of fused-ring (bicyclic) bond motifs is 3. The van der Waals surface area contributed by atoms with Crippen LogP contribution in [0.4, 0.5) is 5.69 Å². The number of aromatic nitrogens is 1. The van der Waals surface area contributed by atoms with E-state index in [9.17, 15) is 0 Å². The molecule has 3 heteroatoms. The predicted octanol–water partition coefficient (Wildman–Crippen LogP) is 5.25. The second-order valence-electron chi connectivity index (χ2n) is 6.23. The van der Waals surface area contributed by atoms with Crippen molar-refractivity contribution in [3.05, 3.63) is 71.2 Å². The SMILES string of the molecule is [C-]#[N+]c1ccc2c(c1)oc1ccc(C)c(-c3cc(C)cc[n+]3C)c12. The van der Waals surface area contributed by atoms with Gasteiger partial charge in [0.2, 0.25) is 5.69 Å². The maximum Gasteiger partial charge on any atom is 0.213 e. The van der Waals surface area contributed by atoms with E-state index in [1.54, 1.807) is 0 Å². The molecule has 0 fully saturated rings. The van der Waals surface area contributed by atoms with E-state index in [1.807, 2.05) is 24.3 Å². The van der Waals surface area contributed by atoms with Gasteiger partial charge in [-0.05, 0) is 37.1 Å². The molecule has 2 heterocycles. The van der Waals surface area contributed by atoms with E-state index < -0.39 is 0 Å². The van der Waals surface area contributed by atoms with E-state index >= 15 is 0 Å². The van der Waals surface area contributed by atoms with Crippen molar-refractivity contribution in [3.8, 4) is 11.3 Å². The smallest absolute Gasteiger partial charge is 0.213 e. The highest BCUT2D eigenvalue weighted by Crippen LogP contribution is 2.38. The highest BCUT2D eigenvalue weighted by molar-refractivity contribution is 6.13. The minimum absolute atomic E-state index is 0.598. The van der Waals surface area contributed by atoms with E-state index in [0.29, 0.717) is 5.69 Å². The molecule has 0 aliphatic heterocycles. The van der Waals surface area contributed by atoms with E-state index in [4.69, 9.17) is 11.0 Å². The number of furan rings is 1. The normalized spacial score (nSPS) is 11.1. The van der Waals surface area contributed by atoms with Crippen LogP contribution in [0.2, 0.25) is 0 Å². The van der Waals surface area contributed by atoms with Gasteiger partial charge < -0.3 is 4.42 Å². The lowest BCUT2D eigenvalue weighted by atomic mass is 9.97. The number of hydrogen-bond acceptors (Lipinski definition) is 1. The minimum atomic E-state index is 0.598. The van der Waals surface area contributed by atoms with Gasteiger partial charge in [-0.1, -0.05) is 18.2 Å². The highest BCUT2D eigenvalue weighted by Gasteiger charge is 2.20. The molecule has 4 aromatic rings. The molecule has 0 spiro atoms. The molecule has 0 saturated heterocycles. The molecule has 0 saturated carbocycles. The first kappa shape index (κ1) is 14.5. The second-order valence-corrected chi connectivity index (χ2v) is 6.23. The molecule has 2 aromatic carbocycles. The first-order valence-corrected chi connectivity index (χ1v) is 7.88. The maximum atomic E-state index is 7.20. The number of benzene rings is 2. The molecule has 0 aliphatic rings. The van der Waals surface area contributed by atoms with Crippen molar-refractivity contribution < 1.29 is 8.98 Å². The monoisotopic (exact) mass is 313 g/mol. The van der Waals surface area contributed by atoms with Crippen LogP contribution in [0, 0.1) is 20.4 Å². The molecular formula is C21H17N2O+. The molecule has 0 atom stereocenters. The van der Waals surface area contributed by atoms with Crippen molar-refractivity contribution in [1.82, 2.24) is 0 Å². The molecule has 0 aliphatic carbocycles. The second kappa shape index (κ2) is 5.21. The molecule has 4 rings (SSSR count). The van der Waals surface area contributed by atoms with Gasteiger partial charge in [0.25, 0.3) is 0 Å². The third kappa shape index (κ3) is 2.08. The lowest BCUT2D eigenvalue weighted by molar-refractivity contribution is -0.660. The van der Waals surface area contributed by atoms with Crippen LogP contribution < -0.4 is 4.57 Å². The third-order valence-electron chi connectivity index (χ3n) is 4.52. The number of aryl methyl sites for hydroxylation is 3. The highest BCUT2D eigenvalue weighted by atomic mass is 16.3. The lowest BCUT2D eigenvalue weighted by Gasteiger charge is -2.07. The molecule has 0 amide bonds. The molecule has 0 bridgehead atoms. The third-order valence-corrected chi connectivity index (χ3v) is 4.52. The molecule has 24 heavy (non-hydrogen) atoms. The quantitative estimate of drug-likeness (QED) is 0.347. The number of nitrogens with zero attached hydrogens (tertiary/aromatic N) is 2. The van der Waals surface area contributed by atoms with Crippen molar-refractivity contribution in [3.63, 3.8) is 0 Å². The summed E-state index contributed by atoms with van der Waals surface area (Å²) in [6, 6.07) is 14.1. The summed E-state index contributed by atoms with van der Waals surface area (Å²) < 4.78 is 8.17. The molecule has 116 valence electrons. The lowest BCUT2D eigenvalue weighted by Crippen LogP contribution is -2.30. The topological polar surface area (TPSA) is 21.4 Å². The minimum Gasteiger partial charge on any atom is -0.457 e. The summed E-state index contributed by atoms with van der Waals surface area (Å²) in [6.07, 6.45) is 2.09. The van der Waals surface area contributed by atoms with Crippen molar-refractivity contribution in [2.75, 3.05) is 0 Å². The zero-order valence-electron chi connectivity index (χ0n) is 13.9. The summed E-state index contributed by atoms with van der Waals surface area (Å²) in [5.74, 6) is 0. The predicted molar refractivity (Wildman–Crippen MR) is 96.1 cm³/mol. The molecule has 0 radical (unpaired) electrons. The first-order valence-electron chi connectivity index (χ1n) is 7.88. The summed E-state index contributed by atoms with van der Waals surface area (Å²) >= 11 is 0. The van der Waals surface area contributed by atoms with Crippen molar-refractivity contribution >= 4 is 27.6 Å². The van der Waals surface area contributed by atoms with Crippen molar-refractivity contribution in [2.45, 2.75) is 13.8 Å². The van der Waals surface area contributed by atoms with Crippen LogP contribution in [0.25, 0.3) is 38.0 Å². The van der Waals surface area contributed by atoms with Gasteiger partial charge in [-0.15, -0.1) is 0 Å². The molecule has 0 N–H and O–H groups in total. The summed E-state index contributed by atoms with van der Waals surface area (Å²) in [5, 5.41) is 2.17. The Morgan fingerprint density at radius 1 is 1.00 bits per heavy atom. The number of pyridine rings is 1. The number of hydrogen-bond donors (Lipinski definition) is 0. The first-order chi connectivity index (χ1) is 11.6. The van der Waals surface area contributed by atoms with Crippen LogP contribution in [-0.2, 0) is 7.05 Å². The zero-order chi connectivity index (χ0) is 16.8. The molecule has 3 nitrogen and oxygen atoms in total. The Kier molecular flexibility index (Phi) is 3.14. The Balaban J connectivity index is 2.17. The summed E-state index contributed by atoms with van der Waals surface area (Å²) in [7, 11) is 2.06. The maximum absolute atomic E-state index is 7.20. The Bertz CT molecular complexity index is 1150. The Morgan fingerprint density at radius 3 is 2.62 bits per heavy atom.